The monoisotopic (exact) mass is 482 g/mol. The van der Waals surface area contributed by atoms with E-state index in [1.165, 1.54) is 18.4 Å². The Morgan fingerprint density at radius 1 is 1.00 bits per heavy atom. The Hall–Kier alpha value is -3.30. The summed E-state index contributed by atoms with van der Waals surface area (Å²) < 4.78 is 44.4. The Bertz CT molecular complexity index is 1260. The third kappa shape index (κ3) is 4.67. The van der Waals surface area contributed by atoms with E-state index < -0.39 is 10.0 Å². The summed E-state index contributed by atoms with van der Waals surface area (Å²) in [6, 6.07) is 15.2. The van der Waals surface area contributed by atoms with Crippen LogP contribution in [0.25, 0.3) is 0 Å². The van der Waals surface area contributed by atoms with Crippen LogP contribution >= 0.6 is 0 Å². The van der Waals surface area contributed by atoms with Crippen LogP contribution in [0, 0.1) is 0 Å². The molecule has 9 heteroatoms. The van der Waals surface area contributed by atoms with E-state index >= 15 is 0 Å². The standard InChI is InChI=1S/C25H26N2O6S/c28-25(18-6-9-21(10-7-18)34(29,30)26-17-20-4-2-13-31-20)27-12-1-5-22(27)19-8-11-23-24(16-19)33-15-3-14-32-23/h2,4,6-11,13,16,22,26H,1,3,5,12,14-15,17H2/t22-/m0/s1. The molecule has 1 atom stereocenters. The van der Waals surface area contributed by atoms with Crippen molar-refractivity contribution in [3.05, 3.63) is 77.7 Å². The van der Waals surface area contributed by atoms with Crippen molar-refractivity contribution >= 4 is 15.9 Å². The smallest absolute Gasteiger partial charge is 0.254 e. The highest BCUT2D eigenvalue weighted by molar-refractivity contribution is 7.89. The molecule has 178 valence electrons. The van der Waals surface area contributed by atoms with Gasteiger partial charge < -0.3 is 18.8 Å². The molecular formula is C25H26N2O6S. The number of fused-ring (bicyclic) bond motifs is 1. The molecule has 0 radical (unpaired) electrons. The van der Waals surface area contributed by atoms with Gasteiger partial charge in [0.05, 0.1) is 37.0 Å². The third-order valence-corrected chi connectivity index (χ3v) is 7.52. The minimum absolute atomic E-state index is 0.0566. The predicted octanol–water partition coefficient (Wildman–Crippen LogP) is 3.90. The topological polar surface area (TPSA) is 98.1 Å². The lowest BCUT2D eigenvalue weighted by molar-refractivity contribution is 0.0735. The Morgan fingerprint density at radius 2 is 1.79 bits per heavy atom. The number of amides is 1. The van der Waals surface area contributed by atoms with E-state index in [0.717, 1.165) is 30.6 Å². The van der Waals surface area contributed by atoms with E-state index in [9.17, 15) is 13.2 Å². The maximum absolute atomic E-state index is 13.3. The summed E-state index contributed by atoms with van der Waals surface area (Å²) in [5.74, 6) is 1.84. The number of carbonyl (C=O) groups excluding carboxylic acids is 1. The minimum atomic E-state index is -3.72. The molecule has 1 fully saturated rings. The van der Waals surface area contributed by atoms with Crippen LogP contribution in [0.2, 0.25) is 0 Å². The molecule has 0 spiro atoms. The van der Waals surface area contributed by atoms with E-state index in [1.807, 2.05) is 23.1 Å². The molecule has 1 N–H and O–H groups in total. The average Bonchev–Trinajstić information content (AvgIpc) is 3.50. The van der Waals surface area contributed by atoms with Crippen LogP contribution in [-0.2, 0) is 16.6 Å². The molecule has 2 aliphatic rings. The first-order valence-corrected chi connectivity index (χ1v) is 12.8. The van der Waals surface area contributed by atoms with Crippen molar-refractivity contribution in [2.75, 3.05) is 19.8 Å². The molecule has 0 aliphatic carbocycles. The summed E-state index contributed by atoms with van der Waals surface area (Å²) in [5.41, 5.74) is 1.46. The molecule has 1 amide bonds. The van der Waals surface area contributed by atoms with Crippen LogP contribution in [0.15, 0.2) is 70.2 Å². The molecule has 1 aromatic heterocycles. The van der Waals surface area contributed by atoms with Crippen LogP contribution in [0.4, 0.5) is 0 Å². The number of nitrogens with zero attached hydrogens (tertiary/aromatic N) is 1. The lowest BCUT2D eigenvalue weighted by atomic mass is 10.0. The van der Waals surface area contributed by atoms with Crippen molar-refractivity contribution in [3.8, 4) is 11.5 Å². The third-order valence-electron chi connectivity index (χ3n) is 6.10. The molecule has 2 aliphatic heterocycles. The number of carbonyl (C=O) groups is 1. The second-order valence-electron chi connectivity index (χ2n) is 8.34. The number of sulfonamides is 1. The quantitative estimate of drug-likeness (QED) is 0.572. The van der Waals surface area contributed by atoms with Gasteiger partial charge in [-0.15, -0.1) is 0 Å². The Kier molecular flexibility index (Phi) is 6.30. The zero-order valence-corrected chi connectivity index (χ0v) is 19.4. The molecule has 0 unspecified atom stereocenters. The number of furan rings is 1. The Labute approximate surface area is 198 Å². The Morgan fingerprint density at radius 3 is 2.56 bits per heavy atom. The molecule has 0 saturated carbocycles. The van der Waals surface area contributed by atoms with Gasteiger partial charge in [0.15, 0.2) is 11.5 Å². The summed E-state index contributed by atoms with van der Waals surface area (Å²) >= 11 is 0. The Balaban J connectivity index is 1.30. The van der Waals surface area contributed by atoms with Gasteiger partial charge >= 0.3 is 0 Å². The molecule has 8 nitrogen and oxygen atoms in total. The predicted molar refractivity (Wildman–Crippen MR) is 124 cm³/mol. The second kappa shape index (κ2) is 9.52. The average molecular weight is 483 g/mol. The van der Waals surface area contributed by atoms with Crippen LogP contribution in [-0.4, -0.2) is 39.0 Å². The number of hydrogen-bond donors (Lipinski definition) is 1. The number of ether oxygens (including phenoxy) is 2. The lowest BCUT2D eigenvalue weighted by Gasteiger charge is -2.26. The van der Waals surface area contributed by atoms with Gasteiger partial charge in [0.2, 0.25) is 10.0 Å². The summed E-state index contributed by atoms with van der Waals surface area (Å²) in [4.78, 5) is 15.2. The highest BCUT2D eigenvalue weighted by Gasteiger charge is 2.31. The fourth-order valence-corrected chi connectivity index (χ4v) is 5.34. The molecule has 0 bridgehead atoms. The van der Waals surface area contributed by atoms with Crippen LogP contribution in [0.3, 0.4) is 0 Å². The summed E-state index contributed by atoms with van der Waals surface area (Å²) in [5, 5.41) is 0. The number of hydrogen-bond acceptors (Lipinski definition) is 6. The van der Waals surface area contributed by atoms with Crippen LogP contribution in [0.5, 0.6) is 11.5 Å². The van der Waals surface area contributed by atoms with Gasteiger partial charge in [-0.1, -0.05) is 6.07 Å². The van der Waals surface area contributed by atoms with Crippen molar-refractivity contribution in [3.63, 3.8) is 0 Å². The second-order valence-corrected chi connectivity index (χ2v) is 10.1. The van der Waals surface area contributed by atoms with Gasteiger partial charge in [0.25, 0.3) is 5.91 Å². The summed E-state index contributed by atoms with van der Waals surface area (Å²) in [7, 11) is -3.72. The van der Waals surface area contributed by atoms with Crippen molar-refractivity contribution < 1.29 is 27.1 Å². The normalized spacial score (nSPS) is 18.0. The van der Waals surface area contributed by atoms with Crippen LogP contribution < -0.4 is 14.2 Å². The van der Waals surface area contributed by atoms with E-state index in [1.54, 1.807) is 24.3 Å². The van der Waals surface area contributed by atoms with Gasteiger partial charge in [0, 0.05) is 18.5 Å². The van der Waals surface area contributed by atoms with Crippen LogP contribution in [0.1, 0.15) is 47.0 Å². The largest absolute Gasteiger partial charge is 0.490 e. The first-order chi connectivity index (χ1) is 16.5. The first kappa shape index (κ1) is 22.5. The SMILES string of the molecule is O=C(c1ccc(S(=O)(=O)NCc2ccco2)cc1)N1CCC[C@H]1c1ccc2c(c1)OCCCO2. The number of benzene rings is 2. The van der Waals surface area contributed by atoms with E-state index in [-0.39, 0.29) is 23.4 Å². The van der Waals surface area contributed by atoms with Gasteiger partial charge in [-0.3, -0.25) is 4.79 Å². The molecule has 2 aromatic carbocycles. The van der Waals surface area contributed by atoms with E-state index in [0.29, 0.717) is 36.8 Å². The van der Waals surface area contributed by atoms with Crippen molar-refractivity contribution in [2.45, 2.75) is 36.7 Å². The maximum atomic E-state index is 13.3. The zero-order valence-electron chi connectivity index (χ0n) is 18.6. The highest BCUT2D eigenvalue weighted by Crippen LogP contribution is 2.38. The summed E-state index contributed by atoms with van der Waals surface area (Å²) in [6.45, 7) is 1.93. The molecule has 1 saturated heterocycles. The first-order valence-electron chi connectivity index (χ1n) is 11.3. The van der Waals surface area contributed by atoms with E-state index in [2.05, 4.69) is 4.72 Å². The van der Waals surface area contributed by atoms with Crippen molar-refractivity contribution in [1.82, 2.24) is 9.62 Å². The molecule has 5 rings (SSSR count). The number of rotatable bonds is 6. The molecule has 34 heavy (non-hydrogen) atoms. The minimum Gasteiger partial charge on any atom is -0.490 e. The number of likely N-dealkylation sites (tertiary alicyclic amines) is 1. The molecule has 3 aromatic rings. The van der Waals surface area contributed by atoms with Crippen molar-refractivity contribution in [1.29, 1.82) is 0 Å². The number of nitrogens with one attached hydrogen (secondary N) is 1. The molecule has 3 heterocycles. The molecular weight excluding hydrogens is 456 g/mol. The zero-order chi connectivity index (χ0) is 23.5. The summed E-state index contributed by atoms with van der Waals surface area (Å²) in [6.07, 6.45) is 4.08. The maximum Gasteiger partial charge on any atom is 0.254 e. The van der Waals surface area contributed by atoms with Gasteiger partial charge in [-0.05, 0) is 66.9 Å². The van der Waals surface area contributed by atoms with Gasteiger partial charge in [-0.2, -0.15) is 0 Å². The fourth-order valence-electron chi connectivity index (χ4n) is 4.35. The highest BCUT2D eigenvalue weighted by atomic mass is 32.2. The van der Waals surface area contributed by atoms with Gasteiger partial charge in [-0.25, -0.2) is 13.1 Å². The van der Waals surface area contributed by atoms with Crippen molar-refractivity contribution in [2.24, 2.45) is 0 Å². The fraction of sp³-hybridized carbons (Fsp3) is 0.320. The lowest BCUT2D eigenvalue weighted by Crippen LogP contribution is -2.30. The van der Waals surface area contributed by atoms with Gasteiger partial charge in [0.1, 0.15) is 5.76 Å². The van der Waals surface area contributed by atoms with E-state index in [4.69, 9.17) is 13.9 Å².